The molecule has 0 rings (SSSR count). The quantitative estimate of drug-likeness (QED) is 0.408. The van der Waals surface area contributed by atoms with Gasteiger partial charge in [0.15, 0.2) is 0 Å². The molecular weight excluding hydrogens is 180 g/mol. The molecule has 0 saturated carbocycles. The van der Waals surface area contributed by atoms with Gasteiger partial charge in [-0.15, -0.1) is 0 Å². The van der Waals surface area contributed by atoms with Crippen molar-refractivity contribution in [2.45, 2.75) is 27.7 Å². The summed E-state index contributed by atoms with van der Waals surface area (Å²) in [5, 5.41) is 7.70. The van der Waals surface area contributed by atoms with Crippen molar-refractivity contribution < 1.29 is 9.53 Å². The summed E-state index contributed by atoms with van der Waals surface area (Å²) >= 11 is 0. The van der Waals surface area contributed by atoms with E-state index in [0.29, 0.717) is 12.3 Å². The maximum atomic E-state index is 11.4. The van der Waals surface area contributed by atoms with Gasteiger partial charge in [-0.2, -0.15) is 0 Å². The Bertz CT molecular complexity index is 263. The highest BCUT2D eigenvalue weighted by atomic mass is 16.5. The number of carbonyl (C=O) groups excluding carboxylic acids is 1. The van der Waals surface area contributed by atoms with Gasteiger partial charge in [0.05, 0.1) is 17.9 Å². The number of carbonyl (C=O) groups is 1. The third-order valence-corrected chi connectivity index (χ3v) is 1.72. The van der Waals surface area contributed by atoms with Crippen LogP contribution in [0.5, 0.6) is 0 Å². The average Bonchev–Trinajstić information content (AvgIpc) is 2.03. The van der Waals surface area contributed by atoms with E-state index in [2.05, 4.69) is 0 Å². The zero-order valence-corrected chi connectivity index (χ0v) is 9.18. The van der Waals surface area contributed by atoms with E-state index < -0.39 is 5.97 Å². The van der Waals surface area contributed by atoms with Crippen LogP contribution in [0.4, 0.5) is 0 Å². The fourth-order valence-corrected chi connectivity index (χ4v) is 0.975. The number of nitrogens with two attached hydrogens (primary N) is 1. The molecule has 0 aliphatic heterocycles. The smallest absolute Gasteiger partial charge is 0.341 e. The van der Waals surface area contributed by atoms with Crippen molar-refractivity contribution in [2.75, 3.05) is 6.61 Å². The summed E-state index contributed by atoms with van der Waals surface area (Å²) in [7, 11) is 0. The summed E-state index contributed by atoms with van der Waals surface area (Å²) in [4.78, 5) is 11.4. The van der Waals surface area contributed by atoms with Gasteiger partial charge in [0.1, 0.15) is 0 Å². The Labute approximate surface area is 84.6 Å². The molecule has 0 saturated heterocycles. The molecule has 0 radical (unpaired) electrons. The second-order valence-electron chi connectivity index (χ2n) is 3.35. The van der Waals surface area contributed by atoms with Crippen molar-refractivity contribution in [3.8, 4) is 0 Å². The molecule has 80 valence electrons. The molecule has 0 fully saturated rings. The maximum Gasteiger partial charge on any atom is 0.341 e. The van der Waals surface area contributed by atoms with Gasteiger partial charge >= 0.3 is 5.97 Å². The second kappa shape index (κ2) is 5.42. The minimum absolute atomic E-state index is 0.0343. The number of hydrogen-bond acceptors (Lipinski definition) is 4. The van der Waals surface area contributed by atoms with E-state index in [1.54, 1.807) is 13.8 Å². The Morgan fingerprint density at radius 3 is 2.29 bits per heavy atom. The Morgan fingerprint density at radius 2 is 2.00 bits per heavy atom. The molecule has 3 N–H and O–H groups in total. The van der Waals surface area contributed by atoms with Gasteiger partial charge in [0.2, 0.25) is 0 Å². The minimum Gasteiger partial charge on any atom is -0.462 e. The zero-order valence-electron chi connectivity index (χ0n) is 9.18. The first-order valence-electron chi connectivity index (χ1n) is 4.64. The molecule has 0 spiro atoms. The molecule has 0 amide bonds. The summed E-state index contributed by atoms with van der Waals surface area (Å²) in [5.41, 5.74) is 6.30. The Hall–Kier alpha value is -1.32. The molecule has 4 heteroatoms. The van der Waals surface area contributed by atoms with Crippen molar-refractivity contribution >= 4 is 11.7 Å². The number of ether oxygens (including phenoxy) is 1. The monoisotopic (exact) mass is 198 g/mol. The summed E-state index contributed by atoms with van der Waals surface area (Å²) in [5.74, 6) is -0.542. The minimum atomic E-state index is -0.508. The molecule has 0 aliphatic carbocycles. The molecule has 0 aliphatic rings. The number of rotatable bonds is 4. The molecule has 4 nitrogen and oxygen atoms in total. The lowest BCUT2D eigenvalue weighted by Crippen LogP contribution is -2.23. The van der Waals surface area contributed by atoms with Crippen LogP contribution < -0.4 is 5.73 Å². The summed E-state index contributed by atoms with van der Waals surface area (Å²) in [6.07, 6.45) is 0. The third-order valence-electron chi connectivity index (χ3n) is 1.72. The van der Waals surface area contributed by atoms with E-state index in [9.17, 15) is 4.79 Å². The third kappa shape index (κ3) is 3.20. The van der Waals surface area contributed by atoms with Gasteiger partial charge < -0.3 is 15.9 Å². The topological polar surface area (TPSA) is 76.2 Å². The van der Waals surface area contributed by atoms with Gasteiger partial charge in [-0.1, -0.05) is 13.8 Å². The first kappa shape index (κ1) is 12.7. The molecule has 0 aromatic heterocycles. The lowest BCUT2D eigenvalue weighted by atomic mass is 9.99. The maximum absolute atomic E-state index is 11.4. The summed E-state index contributed by atoms with van der Waals surface area (Å²) < 4.78 is 4.82. The Kier molecular flexibility index (Phi) is 4.91. The van der Waals surface area contributed by atoms with Crippen LogP contribution in [0.3, 0.4) is 0 Å². The van der Waals surface area contributed by atoms with Crippen LogP contribution in [-0.4, -0.2) is 18.3 Å². The number of nitrogens with one attached hydrogen (secondary N) is 1. The van der Waals surface area contributed by atoms with Crippen molar-refractivity contribution in [1.29, 1.82) is 5.41 Å². The van der Waals surface area contributed by atoms with Gasteiger partial charge in [0, 0.05) is 5.70 Å². The summed E-state index contributed by atoms with van der Waals surface area (Å²) in [6.45, 7) is 7.29. The van der Waals surface area contributed by atoms with Crippen LogP contribution in [-0.2, 0) is 9.53 Å². The molecule has 0 unspecified atom stereocenters. The highest BCUT2D eigenvalue weighted by Crippen LogP contribution is 2.10. The van der Waals surface area contributed by atoms with Gasteiger partial charge in [-0.3, -0.25) is 0 Å². The molecule has 0 aromatic carbocycles. The standard InChI is InChI=1S/C10H18N2O2/c1-5-14-10(13)8(7(4)11)9(12)6(2)3/h6,12H,5,11H2,1-4H3/b8-7+,12-9?. The average molecular weight is 198 g/mol. The largest absolute Gasteiger partial charge is 0.462 e. The molecule has 0 aromatic rings. The first-order chi connectivity index (χ1) is 6.41. The fraction of sp³-hybridized carbons (Fsp3) is 0.600. The second-order valence-corrected chi connectivity index (χ2v) is 3.35. The summed E-state index contributed by atoms with van der Waals surface area (Å²) in [6, 6.07) is 0. The van der Waals surface area contributed by atoms with E-state index in [0.717, 1.165) is 0 Å². The fourth-order valence-electron chi connectivity index (χ4n) is 0.975. The Morgan fingerprint density at radius 1 is 1.50 bits per heavy atom. The van der Waals surface area contributed by atoms with Crippen LogP contribution in [0.25, 0.3) is 0 Å². The van der Waals surface area contributed by atoms with E-state index in [4.69, 9.17) is 15.9 Å². The molecule has 0 bridgehead atoms. The zero-order chi connectivity index (χ0) is 11.3. The highest BCUT2D eigenvalue weighted by Gasteiger charge is 2.20. The Balaban J connectivity index is 4.91. The van der Waals surface area contributed by atoms with Crippen LogP contribution in [0.1, 0.15) is 27.7 Å². The van der Waals surface area contributed by atoms with Crippen molar-refractivity contribution in [3.05, 3.63) is 11.3 Å². The molecule has 0 atom stereocenters. The molecular formula is C10H18N2O2. The van der Waals surface area contributed by atoms with E-state index >= 15 is 0 Å². The predicted molar refractivity (Wildman–Crippen MR) is 56.1 cm³/mol. The normalized spacial score (nSPS) is 12.4. The van der Waals surface area contributed by atoms with E-state index in [-0.39, 0.29) is 17.2 Å². The van der Waals surface area contributed by atoms with Crippen molar-refractivity contribution in [2.24, 2.45) is 11.7 Å². The van der Waals surface area contributed by atoms with Crippen LogP contribution in [0.2, 0.25) is 0 Å². The molecule has 0 heterocycles. The van der Waals surface area contributed by atoms with Crippen molar-refractivity contribution in [1.82, 2.24) is 0 Å². The van der Waals surface area contributed by atoms with Crippen LogP contribution in [0.15, 0.2) is 11.3 Å². The van der Waals surface area contributed by atoms with Crippen molar-refractivity contribution in [3.63, 3.8) is 0 Å². The van der Waals surface area contributed by atoms with E-state index in [1.807, 2.05) is 13.8 Å². The van der Waals surface area contributed by atoms with Crippen LogP contribution in [0, 0.1) is 11.3 Å². The number of allylic oxidation sites excluding steroid dienone is 1. The van der Waals surface area contributed by atoms with Gasteiger partial charge in [-0.25, -0.2) is 4.79 Å². The molecule has 14 heavy (non-hydrogen) atoms. The number of hydrogen-bond donors (Lipinski definition) is 2. The van der Waals surface area contributed by atoms with Gasteiger partial charge in [0.25, 0.3) is 0 Å². The predicted octanol–water partition coefficient (Wildman–Crippen LogP) is 1.46. The number of esters is 1. The first-order valence-corrected chi connectivity index (χ1v) is 4.64. The van der Waals surface area contributed by atoms with Crippen LogP contribution >= 0.6 is 0 Å². The van der Waals surface area contributed by atoms with E-state index in [1.165, 1.54) is 0 Å². The SMILES string of the molecule is CCOC(=O)/C(C(=N)C(C)C)=C(\C)N. The lowest BCUT2D eigenvalue weighted by molar-refractivity contribution is -0.137. The lowest BCUT2D eigenvalue weighted by Gasteiger charge is -2.12. The highest BCUT2D eigenvalue weighted by molar-refractivity contribution is 6.19. The van der Waals surface area contributed by atoms with Gasteiger partial charge in [-0.05, 0) is 19.8 Å².